The molecular weight excluding hydrogens is 170 g/mol. The van der Waals surface area contributed by atoms with Crippen molar-refractivity contribution in [2.24, 2.45) is 0 Å². The molecule has 0 spiro atoms. The lowest BCUT2D eigenvalue weighted by atomic mass is 10.1. The van der Waals surface area contributed by atoms with Gasteiger partial charge in [-0.05, 0) is 6.42 Å². The Hall–Kier alpha value is -1.36. The van der Waals surface area contributed by atoms with Crippen molar-refractivity contribution in [2.75, 3.05) is 12.3 Å². The minimum atomic E-state index is -0.251. The third-order valence-electron chi connectivity index (χ3n) is 1.82. The molecule has 0 saturated carbocycles. The Morgan fingerprint density at radius 3 is 2.85 bits per heavy atom. The maximum atomic E-state index is 11.3. The number of aromatic amines is 1. The van der Waals surface area contributed by atoms with E-state index in [0.717, 1.165) is 0 Å². The number of hydrogen-bond donors (Lipinski definition) is 3. The monoisotopic (exact) mass is 183 g/mol. The molecule has 0 amide bonds. The summed E-state index contributed by atoms with van der Waals surface area (Å²) in [6.07, 6.45) is 0.967. The molecule has 0 unspecified atom stereocenters. The van der Waals surface area contributed by atoms with E-state index in [-0.39, 0.29) is 18.1 Å². The lowest BCUT2D eigenvalue weighted by molar-refractivity contribution is 0.298. The Balaban J connectivity index is 3.22. The SMILES string of the molecule is CCc1nc(N)[nH]c(=O)c1CCO. The number of aromatic nitrogens is 2. The van der Waals surface area contributed by atoms with Crippen LogP contribution >= 0.6 is 0 Å². The second-order valence-electron chi connectivity index (χ2n) is 2.70. The number of nitrogen functional groups attached to an aromatic ring is 1. The number of H-pyrrole nitrogens is 1. The zero-order valence-corrected chi connectivity index (χ0v) is 7.50. The van der Waals surface area contributed by atoms with Crippen molar-refractivity contribution in [3.8, 4) is 0 Å². The molecule has 0 fully saturated rings. The van der Waals surface area contributed by atoms with Crippen LogP contribution < -0.4 is 11.3 Å². The van der Waals surface area contributed by atoms with Crippen LogP contribution in [0.2, 0.25) is 0 Å². The second kappa shape index (κ2) is 4.04. The molecule has 5 nitrogen and oxygen atoms in total. The summed E-state index contributed by atoms with van der Waals surface area (Å²) in [4.78, 5) is 17.7. The fourth-order valence-electron chi connectivity index (χ4n) is 1.23. The number of nitrogens with two attached hydrogens (primary N) is 1. The number of aliphatic hydroxyl groups is 1. The Labute approximate surface area is 75.6 Å². The van der Waals surface area contributed by atoms with Gasteiger partial charge in [-0.3, -0.25) is 9.78 Å². The molecule has 0 atom stereocenters. The number of hydrogen-bond acceptors (Lipinski definition) is 4. The van der Waals surface area contributed by atoms with Gasteiger partial charge in [0.15, 0.2) is 0 Å². The molecule has 13 heavy (non-hydrogen) atoms. The molecule has 1 aromatic heterocycles. The van der Waals surface area contributed by atoms with Crippen LogP contribution in [0.1, 0.15) is 18.2 Å². The predicted octanol–water partition coefficient (Wildman–Crippen LogP) is -0.551. The number of anilines is 1. The fourth-order valence-corrected chi connectivity index (χ4v) is 1.23. The van der Waals surface area contributed by atoms with E-state index in [1.54, 1.807) is 0 Å². The molecule has 0 aromatic carbocycles. The van der Waals surface area contributed by atoms with Crippen molar-refractivity contribution in [2.45, 2.75) is 19.8 Å². The largest absolute Gasteiger partial charge is 0.396 e. The Kier molecular flexibility index (Phi) is 3.02. The number of rotatable bonds is 3. The lowest BCUT2D eigenvalue weighted by Gasteiger charge is -2.04. The normalized spacial score (nSPS) is 10.3. The van der Waals surface area contributed by atoms with Gasteiger partial charge in [-0.1, -0.05) is 6.92 Å². The first-order valence-electron chi connectivity index (χ1n) is 4.17. The lowest BCUT2D eigenvalue weighted by Crippen LogP contribution is -2.20. The van der Waals surface area contributed by atoms with E-state index in [1.165, 1.54) is 0 Å². The van der Waals surface area contributed by atoms with Gasteiger partial charge in [-0.25, -0.2) is 4.98 Å². The van der Waals surface area contributed by atoms with Gasteiger partial charge in [0.05, 0.1) is 5.69 Å². The Bertz CT molecular complexity index is 346. The third-order valence-corrected chi connectivity index (χ3v) is 1.82. The molecule has 0 radical (unpaired) electrons. The molecule has 1 heterocycles. The number of nitrogens with zero attached hydrogens (tertiary/aromatic N) is 1. The van der Waals surface area contributed by atoms with Gasteiger partial charge in [-0.2, -0.15) is 0 Å². The summed E-state index contributed by atoms with van der Waals surface area (Å²) in [7, 11) is 0. The number of nitrogens with one attached hydrogen (secondary N) is 1. The first-order valence-corrected chi connectivity index (χ1v) is 4.17. The summed E-state index contributed by atoms with van der Waals surface area (Å²) in [5.74, 6) is 0.128. The maximum absolute atomic E-state index is 11.3. The van der Waals surface area contributed by atoms with Crippen molar-refractivity contribution in [3.05, 3.63) is 21.6 Å². The van der Waals surface area contributed by atoms with E-state index in [1.807, 2.05) is 6.92 Å². The summed E-state index contributed by atoms with van der Waals surface area (Å²) < 4.78 is 0. The summed E-state index contributed by atoms with van der Waals surface area (Å²) in [6, 6.07) is 0. The molecule has 72 valence electrons. The molecule has 5 heteroatoms. The van der Waals surface area contributed by atoms with Crippen LogP contribution in [0.4, 0.5) is 5.95 Å². The van der Waals surface area contributed by atoms with E-state index < -0.39 is 0 Å². The zero-order valence-electron chi connectivity index (χ0n) is 7.50. The molecule has 0 aliphatic carbocycles. The van der Waals surface area contributed by atoms with Crippen LogP contribution in [0.25, 0.3) is 0 Å². The first kappa shape index (κ1) is 9.73. The highest BCUT2D eigenvalue weighted by molar-refractivity contribution is 5.25. The molecule has 1 aromatic rings. The standard InChI is InChI=1S/C8H13N3O2/c1-2-6-5(3-4-12)7(13)11-8(9)10-6/h12H,2-4H2,1H3,(H3,9,10,11,13). The van der Waals surface area contributed by atoms with Crippen molar-refractivity contribution in [3.63, 3.8) is 0 Å². The predicted molar refractivity (Wildman–Crippen MR) is 49.4 cm³/mol. The third kappa shape index (κ3) is 2.06. The van der Waals surface area contributed by atoms with Crippen molar-refractivity contribution in [1.82, 2.24) is 9.97 Å². The van der Waals surface area contributed by atoms with Crippen molar-refractivity contribution >= 4 is 5.95 Å². The maximum Gasteiger partial charge on any atom is 0.255 e. The average molecular weight is 183 g/mol. The highest BCUT2D eigenvalue weighted by Crippen LogP contribution is 2.03. The van der Waals surface area contributed by atoms with Gasteiger partial charge >= 0.3 is 0 Å². The summed E-state index contributed by atoms with van der Waals surface area (Å²) in [5.41, 5.74) is 6.31. The highest BCUT2D eigenvalue weighted by Gasteiger charge is 2.07. The van der Waals surface area contributed by atoms with E-state index in [4.69, 9.17) is 10.8 Å². The van der Waals surface area contributed by atoms with E-state index in [2.05, 4.69) is 9.97 Å². The molecule has 1 rings (SSSR count). The van der Waals surface area contributed by atoms with Crippen LogP contribution in [-0.4, -0.2) is 21.7 Å². The van der Waals surface area contributed by atoms with Gasteiger partial charge in [0.1, 0.15) is 0 Å². The van der Waals surface area contributed by atoms with Gasteiger partial charge < -0.3 is 10.8 Å². The first-order chi connectivity index (χ1) is 6.19. The Morgan fingerprint density at radius 1 is 1.62 bits per heavy atom. The Morgan fingerprint density at radius 2 is 2.31 bits per heavy atom. The van der Waals surface area contributed by atoms with Crippen LogP contribution in [0.15, 0.2) is 4.79 Å². The number of aliphatic hydroxyl groups excluding tert-OH is 1. The summed E-state index contributed by atoms with van der Waals surface area (Å²) in [6.45, 7) is 1.84. The van der Waals surface area contributed by atoms with Crippen LogP contribution in [0, 0.1) is 0 Å². The van der Waals surface area contributed by atoms with E-state index >= 15 is 0 Å². The molecule has 0 bridgehead atoms. The van der Waals surface area contributed by atoms with Crippen LogP contribution in [-0.2, 0) is 12.8 Å². The van der Waals surface area contributed by atoms with Crippen molar-refractivity contribution in [1.29, 1.82) is 0 Å². The molecular formula is C8H13N3O2. The van der Waals surface area contributed by atoms with Crippen LogP contribution in [0.3, 0.4) is 0 Å². The van der Waals surface area contributed by atoms with E-state index in [9.17, 15) is 4.79 Å². The quantitative estimate of drug-likeness (QED) is 0.586. The van der Waals surface area contributed by atoms with Crippen molar-refractivity contribution < 1.29 is 5.11 Å². The molecule has 0 aliphatic rings. The summed E-state index contributed by atoms with van der Waals surface area (Å²) >= 11 is 0. The topological polar surface area (TPSA) is 92.0 Å². The second-order valence-corrected chi connectivity index (χ2v) is 2.70. The summed E-state index contributed by atoms with van der Waals surface area (Å²) in [5, 5.41) is 8.72. The van der Waals surface area contributed by atoms with Gasteiger partial charge in [0.2, 0.25) is 5.95 Å². The van der Waals surface area contributed by atoms with Gasteiger partial charge in [-0.15, -0.1) is 0 Å². The molecule has 4 N–H and O–H groups in total. The van der Waals surface area contributed by atoms with Crippen LogP contribution in [0.5, 0.6) is 0 Å². The minimum absolute atomic E-state index is 0.0539. The zero-order chi connectivity index (χ0) is 9.84. The average Bonchev–Trinajstić information content (AvgIpc) is 2.09. The van der Waals surface area contributed by atoms with Gasteiger partial charge in [0.25, 0.3) is 5.56 Å². The number of aryl methyl sites for hydroxylation is 1. The molecule has 0 saturated heterocycles. The fraction of sp³-hybridized carbons (Fsp3) is 0.500. The minimum Gasteiger partial charge on any atom is -0.396 e. The van der Waals surface area contributed by atoms with E-state index in [0.29, 0.717) is 24.1 Å². The molecule has 0 aliphatic heterocycles. The van der Waals surface area contributed by atoms with Gasteiger partial charge in [0, 0.05) is 18.6 Å². The highest BCUT2D eigenvalue weighted by atomic mass is 16.3. The smallest absolute Gasteiger partial charge is 0.255 e.